The lowest BCUT2D eigenvalue weighted by Gasteiger charge is -2.14. The summed E-state index contributed by atoms with van der Waals surface area (Å²) in [7, 11) is 0. The predicted molar refractivity (Wildman–Crippen MR) is 41.3 cm³/mol. The van der Waals surface area contributed by atoms with Crippen LogP contribution in [0.15, 0.2) is 12.8 Å². The second kappa shape index (κ2) is 4.49. The normalized spacial score (nSPS) is 11.7. The molecule has 0 rings (SSSR count). The molecule has 0 aromatic rings. The smallest absolute Gasteiger partial charge is 0.222 e. The van der Waals surface area contributed by atoms with Crippen LogP contribution in [-0.4, -0.2) is 23.8 Å². The first-order valence-electron chi connectivity index (χ1n) is 3.24. The van der Waals surface area contributed by atoms with Gasteiger partial charge in [0.25, 0.3) is 0 Å². The molecule has 2 N–H and O–H groups in total. The summed E-state index contributed by atoms with van der Waals surface area (Å²) in [6.45, 7) is 5.34. The first kappa shape index (κ1) is 9.68. The Labute approximate surface area is 65.7 Å². The molecule has 0 saturated carbocycles. The van der Waals surface area contributed by atoms with Crippen LogP contribution in [0.3, 0.4) is 0 Å². The lowest BCUT2D eigenvalue weighted by Crippen LogP contribution is -2.31. The standard InChI is InChI=1S/C7H12N2O2/c1-3-9(5-10)4-6(2)7(8)11/h3,5-6H,1,4H2,2H3,(H2,8,11). The molecule has 1 atom stereocenters. The van der Waals surface area contributed by atoms with Crippen molar-refractivity contribution >= 4 is 12.3 Å². The molecular formula is C7H12N2O2. The van der Waals surface area contributed by atoms with Gasteiger partial charge in [-0.05, 0) is 6.20 Å². The Balaban J connectivity index is 3.90. The van der Waals surface area contributed by atoms with Gasteiger partial charge in [0, 0.05) is 6.54 Å². The largest absolute Gasteiger partial charge is 0.369 e. The molecule has 0 aliphatic rings. The summed E-state index contributed by atoms with van der Waals surface area (Å²) in [6, 6.07) is 0. The summed E-state index contributed by atoms with van der Waals surface area (Å²) in [5.74, 6) is -0.753. The minimum atomic E-state index is -0.418. The van der Waals surface area contributed by atoms with Crippen LogP contribution in [-0.2, 0) is 9.59 Å². The Morgan fingerprint density at radius 1 is 1.82 bits per heavy atom. The molecule has 1 unspecified atom stereocenters. The topological polar surface area (TPSA) is 63.4 Å². The minimum absolute atomic E-state index is 0.294. The van der Waals surface area contributed by atoms with E-state index in [0.29, 0.717) is 13.0 Å². The summed E-state index contributed by atoms with van der Waals surface area (Å²) in [4.78, 5) is 22.0. The van der Waals surface area contributed by atoms with Crippen molar-refractivity contribution in [1.29, 1.82) is 0 Å². The molecule has 0 fully saturated rings. The maximum atomic E-state index is 10.5. The van der Waals surface area contributed by atoms with E-state index >= 15 is 0 Å². The number of nitrogens with two attached hydrogens (primary N) is 1. The molecule has 2 amide bonds. The summed E-state index contributed by atoms with van der Waals surface area (Å²) in [5.41, 5.74) is 4.98. The molecule has 0 aliphatic carbocycles. The molecule has 4 heteroatoms. The lowest BCUT2D eigenvalue weighted by atomic mass is 10.1. The SMILES string of the molecule is C=CN(C=O)CC(C)C(N)=O. The molecule has 0 spiro atoms. The van der Waals surface area contributed by atoms with Crippen molar-refractivity contribution in [1.82, 2.24) is 4.90 Å². The molecule has 0 aromatic heterocycles. The van der Waals surface area contributed by atoms with Crippen LogP contribution in [0.4, 0.5) is 0 Å². The van der Waals surface area contributed by atoms with Gasteiger partial charge in [-0.3, -0.25) is 9.59 Å². The van der Waals surface area contributed by atoms with E-state index in [1.54, 1.807) is 6.92 Å². The van der Waals surface area contributed by atoms with Crippen molar-refractivity contribution in [2.75, 3.05) is 6.54 Å². The lowest BCUT2D eigenvalue weighted by molar-refractivity contribution is -0.122. The Kier molecular flexibility index (Phi) is 3.95. The third-order valence-electron chi connectivity index (χ3n) is 1.34. The Hall–Kier alpha value is -1.32. The average Bonchev–Trinajstić information content (AvgIpc) is 1.99. The van der Waals surface area contributed by atoms with Gasteiger partial charge >= 0.3 is 0 Å². The van der Waals surface area contributed by atoms with Crippen molar-refractivity contribution in [2.45, 2.75) is 6.92 Å². The van der Waals surface area contributed by atoms with E-state index in [1.165, 1.54) is 11.1 Å². The molecule has 0 aliphatic heterocycles. The van der Waals surface area contributed by atoms with Gasteiger partial charge in [0.2, 0.25) is 12.3 Å². The van der Waals surface area contributed by atoms with Crippen LogP contribution >= 0.6 is 0 Å². The zero-order valence-corrected chi connectivity index (χ0v) is 6.49. The van der Waals surface area contributed by atoms with Gasteiger partial charge in [-0.1, -0.05) is 13.5 Å². The number of rotatable bonds is 5. The molecule has 0 bridgehead atoms. The fourth-order valence-corrected chi connectivity index (χ4v) is 0.567. The van der Waals surface area contributed by atoms with Gasteiger partial charge in [0.1, 0.15) is 0 Å². The van der Waals surface area contributed by atoms with E-state index in [9.17, 15) is 9.59 Å². The van der Waals surface area contributed by atoms with E-state index in [2.05, 4.69) is 6.58 Å². The highest BCUT2D eigenvalue weighted by molar-refractivity contribution is 5.76. The fourth-order valence-electron chi connectivity index (χ4n) is 0.567. The summed E-state index contributed by atoms with van der Waals surface area (Å²) < 4.78 is 0. The monoisotopic (exact) mass is 156 g/mol. The third kappa shape index (κ3) is 3.40. The van der Waals surface area contributed by atoms with Crippen molar-refractivity contribution in [3.8, 4) is 0 Å². The second-order valence-corrected chi connectivity index (χ2v) is 2.29. The van der Waals surface area contributed by atoms with Crippen molar-refractivity contribution in [3.63, 3.8) is 0 Å². The molecular weight excluding hydrogens is 144 g/mol. The van der Waals surface area contributed by atoms with Gasteiger partial charge in [0.15, 0.2) is 0 Å². The number of amides is 2. The zero-order chi connectivity index (χ0) is 8.85. The maximum Gasteiger partial charge on any atom is 0.222 e. The predicted octanol–water partition coefficient (Wildman–Crippen LogP) is -0.290. The van der Waals surface area contributed by atoms with Crippen LogP contribution in [0.5, 0.6) is 0 Å². The summed E-state index contributed by atoms with van der Waals surface area (Å²) >= 11 is 0. The van der Waals surface area contributed by atoms with Crippen molar-refractivity contribution in [2.24, 2.45) is 11.7 Å². The molecule has 4 nitrogen and oxygen atoms in total. The van der Waals surface area contributed by atoms with Gasteiger partial charge in [-0.2, -0.15) is 0 Å². The number of carbonyl (C=O) groups is 2. The van der Waals surface area contributed by atoms with E-state index in [4.69, 9.17) is 5.73 Å². The Bertz CT molecular complexity index is 160. The maximum absolute atomic E-state index is 10.5. The Morgan fingerprint density at radius 3 is 2.64 bits per heavy atom. The van der Waals surface area contributed by atoms with Crippen molar-refractivity contribution < 1.29 is 9.59 Å². The van der Waals surface area contributed by atoms with Gasteiger partial charge < -0.3 is 10.6 Å². The highest BCUT2D eigenvalue weighted by Gasteiger charge is 2.10. The first-order valence-corrected chi connectivity index (χ1v) is 3.24. The average molecular weight is 156 g/mol. The van der Waals surface area contributed by atoms with Crippen LogP contribution in [0.25, 0.3) is 0 Å². The minimum Gasteiger partial charge on any atom is -0.369 e. The molecule has 11 heavy (non-hydrogen) atoms. The van der Waals surface area contributed by atoms with Crippen LogP contribution in [0.2, 0.25) is 0 Å². The van der Waals surface area contributed by atoms with E-state index in [0.717, 1.165) is 0 Å². The highest BCUT2D eigenvalue weighted by Crippen LogP contribution is 1.96. The molecule has 0 radical (unpaired) electrons. The van der Waals surface area contributed by atoms with Crippen LogP contribution in [0.1, 0.15) is 6.92 Å². The summed E-state index contributed by atoms with van der Waals surface area (Å²) in [6.07, 6.45) is 1.96. The molecule has 0 aromatic carbocycles. The van der Waals surface area contributed by atoms with Crippen LogP contribution in [0, 0.1) is 5.92 Å². The van der Waals surface area contributed by atoms with Crippen molar-refractivity contribution in [3.05, 3.63) is 12.8 Å². The van der Waals surface area contributed by atoms with Gasteiger partial charge in [0.05, 0.1) is 5.92 Å². The first-order chi connectivity index (χ1) is 5.11. The summed E-state index contributed by atoms with van der Waals surface area (Å²) in [5, 5.41) is 0. The highest BCUT2D eigenvalue weighted by atomic mass is 16.1. The van der Waals surface area contributed by atoms with E-state index in [1.807, 2.05) is 0 Å². The van der Waals surface area contributed by atoms with E-state index in [-0.39, 0.29) is 5.92 Å². The number of primary amides is 1. The number of hydrogen-bond acceptors (Lipinski definition) is 2. The quantitative estimate of drug-likeness (QED) is 0.556. The number of hydrogen-bond donors (Lipinski definition) is 1. The molecule has 0 saturated heterocycles. The fraction of sp³-hybridized carbons (Fsp3) is 0.429. The number of carbonyl (C=O) groups excluding carboxylic acids is 2. The molecule has 0 heterocycles. The number of nitrogens with zero attached hydrogens (tertiary/aromatic N) is 1. The van der Waals surface area contributed by atoms with Crippen LogP contribution < -0.4 is 5.73 Å². The Morgan fingerprint density at radius 2 is 2.36 bits per heavy atom. The second-order valence-electron chi connectivity index (χ2n) is 2.29. The zero-order valence-electron chi connectivity index (χ0n) is 6.49. The van der Waals surface area contributed by atoms with E-state index < -0.39 is 5.91 Å². The third-order valence-corrected chi connectivity index (χ3v) is 1.34. The van der Waals surface area contributed by atoms with Gasteiger partial charge in [-0.15, -0.1) is 0 Å². The van der Waals surface area contributed by atoms with Gasteiger partial charge in [-0.25, -0.2) is 0 Å². The molecule has 62 valence electrons.